The average Bonchev–Trinajstić information content (AvgIpc) is 2.39. The first-order valence-corrected chi connectivity index (χ1v) is 6.03. The summed E-state index contributed by atoms with van der Waals surface area (Å²) in [7, 11) is 0. The molecule has 106 valence electrons. The highest BCUT2D eigenvalue weighted by atomic mass is 16.4. The highest BCUT2D eigenvalue weighted by Gasteiger charge is 2.42. The zero-order valence-corrected chi connectivity index (χ0v) is 11.0. The van der Waals surface area contributed by atoms with E-state index in [-0.39, 0.29) is 38.0 Å². The fraction of sp³-hybridized carbons (Fsp3) is 0.818. The summed E-state index contributed by atoms with van der Waals surface area (Å²) in [6, 6.07) is 0. The second kappa shape index (κ2) is 7.88. The van der Waals surface area contributed by atoms with Crippen molar-refractivity contribution in [1.29, 1.82) is 0 Å². The van der Waals surface area contributed by atoms with Crippen LogP contribution in [0.25, 0.3) is 0 Å². The predicted molar refractivity (Wildman–Crippen MR) is 67.2 cm³/mol. The topological polar surface area (TPSA) is 119 Å². The van der Waals surface area contributed by atoms with Crippen LogP contribution in [0.15, 0.2) is 5.16 Å². The number of carbonyl (C=O) groups excluding carboxylic acids is 1. The van der Waals surface area contributed by atoms with E-state index >= 15 is 0 Å². The Hall–Kier alpha value is -1.34. The molecule has 0 atom stereocenters. The first-order valence-electron chi connectivity index (χ1n) is 6.03. The molecule has 0 radical (unpaired) electrons. The summed E-state index contributed by atoms with van der Waals surface area (Å²) >= 11 is 0. The molecule has 0 spiro atoms. The van der Waals surface area contributed by atoms with Crippen molar-refractivity contribution in [2.24, 2.45) is 16.3 Å². The van der Waals surface area contributed by atoms with Crippen molar-refractivity contribution in [2.75, 3.05) is 26.3 Å². The van der Waals surface area contributed by atoms with E-state index in [1.54, 1.807) is 13.8 Å². The summed E-state index contributed by atoms with van der Waals surface area (Å²) in [5.74, 6) is -0.482. The van der Waals surface area contributed by atoms with E-state index in [0.29, 0.717) is 12.8 Å². The highest BCUT2D eigenvalue weighted by Crippen LogP contribution is 2.29. The Morgan fingerprint density at radius 3 is 1.94 bits per heavy atom. The minimum atomic E-state index is -1.08. The van der Waals surface area contributed by atoms with E-state index in [4.69, 9.17) is 21.2 Å². The molecule has 7 nitrogen and oxygen atoms in total. The summed E-state index contributed by atoms with van der Waals surface area (Å²) in [4.78, 5) is 13.8. The van der Waals surface area contributed by atoms with Crippen LogP contribution in [0.4, 0.5) is 0 Å². The van der Waals surface area contributed by atoms with Gasteiger partial charge in [0.25, 0.3) is 0 Å². The SMILES string of the molecule is CCC(CC)(C(=O)N(CCO)CCO)C(N)=NO. The van der Waals surface area contributed by atoms with Crippen LogP contribution in [0, 0.1) is 5.41 Å². The van der Waals surface area contributed by atoms with Crippen molar-refractivity contribution >= 4 is 11.7 Å². The van der Waals surface area contributed by atoms with Gasteiger partial charge in [-0.25, -0.2) is 0 Å². The number of amides is 1. The van der Waals surface area contributed by atoms with Crippen molar-refractivity contribution in [2.45, 2.75) is 26.7 Å². The lowest BCUT2D eigenvalue weighted by atomic mass is 9.79. The zero-order valence-electron chi connectivity index (χ0n) is 11.0. The molecule has 5 N–H and O–H groups in total. The van der Waals surface area contributed by atoms with Crippen LogP contribution < -0.4 is 5.73 Å². The van der Waals surface area contributed by atoms with Gasteiger partial charge in [0.05, 0.1) is 13.2 Å². The number of carbonyl (C=O) groups is 1. The Morgan fingerprint density at radius 2 is 1.67 bits per heavy atom. The second-order valence-corrected chi connectivity index (χ2v) is 4.01. The molecule has 0 unspecified atom stereocenters. The first kappa shape index (κ1) is 16.7. The van der Waals surface area contributed by atoms with E-state index in [1.165, 1.54) is 4.90 Å². The summed E-state index contributed by atoms with van der Waals surface area (Å²) in [6.07, 6.45) is 0.761. The van der Waals surface area contributed by atoms with Gasteiger partial charge in [0.2, 0.25) is 5.91 Å². The Balaban J connectivity index is 5.27. The van der Waals surface area contributed by atoms with E-state index in [9.17, 15) is 4.79 Å². The van der Waals surface area contributed by atoms with E-state index in [2.05, 4.69) is 5.16 Å². The summed E-state index contributed by atoms with van der Waals surface area (Å²) in [5.41, 5.74) is 4.55. The lowest BCUT2D eigenvalue weighted by Crippen LogP contribution is -2.52. The Kier molecular flexibility index (Phi) is 7.30. The molecule has 7 heteroatoms. The van der Waals surface area contributed by atoms with Crippen LogP contribution in [-0.2, 0) is 4.79 Å². The van der Waals surface area contributed by atoms with Crippen molar-refractivity contribution in [3.63, 3.8) is 0 Å². The number of amidine groups is 1. The number of oxime groups is 1. The molecule has 0 aliphatic carbocycles. The van der Waals surface area contributed by atoms with Crippen LogP contribution in [0.3, 0.4) is 0 Å². The predicted octanol–water partition coefficient (Wildman–Crippen LogP) is -0.648. The lowest BCUT2D eigenvalue weighted by molar-refractivity contribution is -0.140. The number of hydrogen-bond acceptors (Lipinski definition) is 5. The van der Waals surface area contributed by atoms with Crippen LogP contribution in [-0.4, -0.2) is 58.4 Å². The van der Waals surface area contributed by atoms with Gasteiger partial charge in [-0.05, 0) is 12.8 Å². The van der Waals surface area contributed by atoms with Gasteiger partial charge in [0, 0.05) is 13.1 Å². The van der Waals surface area contributed by atoms with Crippen molar-refractivity contribution in [3.8, 4) is 0 Å². The molecule has 0 saturated carbocycles. The Morgan fingerprint density at radius 1 is 1.22 bits per heavy atom. The van der Waals surface area contributed by atoms with Crippen LogP contribution >= 0.6 is 0 Å². The van der Waals surface area contributed by atoms with Crippen molar-refractivity contribution < 1.29 is 20.2 Å². The number of aliphatic hydroxyl groups is 2. The quantitative estimate of drug-likeness (QED) is 0.200. The number of hydrogen-bond donors (Lipinski definition) is 4. The zero-order chi connectivity index (χ0) is 14.2. The molecule has 0 aliphatic heterocycles. The van der Waals surface area contributed by atoms with Gasteiger partial charge in [0.1, 0.15) is 5.41 Å². The first-order chi connectivity index (χ1) is 8.53. The number of nitrogens with two attached hydrogens (primary N) is 1. The third kappa shape index (κ3) is 3.33. The molecule has 0 aliphatic rings. The lowest BCUT2D eigenvalue weighted by Gasteiger charge is -2.34. The van der Waals surface area contributed by atoms with Gasteiger partial charge >= 0.3 is 0 Å². The molecular weight excluding hydrogens is 238 g/mol. The fourth-order valence-electron chi connectivity index (χ4n) is 1.98. The van der Waals surface area contributed by atoms with Crippen LogP contribution in [0.2, 0.25) is 0 Å². The van der Waals surface area contributed by atoms with E-state index in [0.717, 1.165) is 0 Å². The molecule has 0 aromatic heterocycles. The van der Waals surface area contributed by atoms with Gasteiger partial charge in [-0.15, -0.1) is 0 Å². The van der Waals surface area contributed by atoms with E-state index < -0.39 is 5.41 Å². The van der Waals surface area contributed by atoms with Gasteiger partial charge in [0.15, 0.2) is 5.84 Å². The number of nitrogens with zero attached hydrogens (tertiary/aromatic N) is 2. The molecule has 1 amide bonds. The molecule has 0 aromatic rings. The van der Waals surface area contributed by atoms with Crippen LogP contribution in [0.1, 0.15) is 26.7 Å². The monoisotopic (exact) mass is 261 g/mol. The Labute approximate surface area is 107 Å². The number of aliphatic hydroxyl groups excluding tert-OH is 2. The van der Waals surface area contributed by atoms with Gasteiger partial charge in [-0.1, -0.05) is 19.0 Å². The van der Waals surface area contributed by atoms with Crippen LogP contribution in [0.5, 0.6) is 0 Å². The summed E-state index contributed by atoms with van der Waals surface area (Å²) in [6.45, 7) is 3.36. The number of rotatable bonds is 8. The summed E-state index contributed by atoms with van der Waals surface area (Å²) in [5, 5.41) is 29.6. The second-order valence-electron chi connectivity index (χ2n) is 4.01. The minimum absolute atomic E-state index is 0.111. The van der Waals surface area contributed by atoms with Gasteiger partial charge in [-0.2, -0.15) is 0 Å². The van der Waals surface area contributed by atoms with Gasteiger partial charge < -0.3 is 26.1 Å². The fourth-order valence-corrected chi connectivity index (χ4v) is 1.98. The molecule has 0 heterocycles. The maximum atomic E-state index is 12.4. The van der Waals surface area contributed by atoms with E-state index in [1.807, 2.05) is 0 Å². The summed E-state index contributed by atoms with van der Waals surface area (Å²) < 4.78 is 0. The molecular formula is C11H23N3O4. The van der Waals surface area contributed by atoms with Gasteiger partial charge in [-0.3, -0.25) is 4.79 Å². The third-order valence-corrected chi connectivity index (χ3v) is 3.24. The molecule has 0 rings (SSSR count). The average molecular weight is 261 g/mol. The van der Waals surface area contributed by atoms with Crippen molar-refractivity contribution in [3.05, 3.63) is 0 Å². The molecule has 0 fully saturated rings. The third-order valence-electron chi connectivity index (χ3n) is 3.24. The normalized spacial score (nSPS) is 12.6. The minimum Gasteiger partial charge on any atom is -0.409 e. The van der Waals surface area contributed by atoms with Crippen molar-refractivity contribution in [1.82, 2.24) is 4.90 Å². The molecule has 0 aromatic carbocycles. The standard InChI is InChI=1S/C11H23N3O4/c1-3-11(4-2,9(12)13-18)10(17)14(5-7-15)6-8-16/h15-16,18H,3-8H2,1-2H3,(H2,12,13). The maximum absolute atomic E-state index is 12.4. The maximum Gasteiger partial charge on any atom is 0.236 e. The molecule has 0 bridgehead atoms. The largest absolute Gasteiger partial charge is 0.409 e. The molecule has 0 saturated heterocycles. The highest BCUT2D eigenvalue weighted by molar-refractivity contribution is 6.06. The smallest absolute Gasteiger partial charge is 0.236 e. The Bertz CT molecular complexity index is 284. The molecule has 18 heavy (non-hydrogen) atoms.